The lowest BCUT2D eigenvalue weighted by Crippen LogP contribution is -2.28. The van der Waals surface area contributed by atoms with E-state index >= 15 is 0 Å². The summed E-state index contributed by atoms with van der Waals surface area (Å²) in [6, 6.07) is 2.99. The highest BCUT2D eigenvalue weighted by Crippen LogP contribution is 2.41. The number of β-amino-alcohol motifs (C(OH)–C–C–N with tert-alkyl or cyclic N) is 1. The van der Waals surface area contributed by atoms with E-state index < -0.39 is 0 Å². The topological polar surface area (TPSA) is 60.8 Å². The third-order valence-corrected chi connectivity index (χ3v) is 3.92. The van der Waals surface area contributed by atoms with Gasteiger partial charge in [-0.25, -0.2) is 0 Å². The van der Waals surface area contributed by atoms with Crippen LogP contribution in [0.5, 0.6) is 5.75 Å². The first-order chi connectivity index (χ1) is 8.54. The second-order valence-electron chi connectivity index (χ2n) is 4.26. The van der Waals surface area contributed by atoms with Gasteiger partial charge in [0.1, 0.15) is 5.75 Å². The van der Waals surface area contributed by atoms with E-state index in [1.165, 1.54) is 12.1 Å². The number of hydrogen-bond donors (Lipinski definition) is 2. The largest absolute Gasteiger partial charge is 0.508 e. The lowest BCUT2D eigenvalue weighted by atomic mass is 9.97. The van der Waals surface area contributed by atoms with Crippen molar-refractivity contribution in [3.05, 3.63) is 27.7 Å². The average molecular weight is 290 g/mol. The molecule has 0 aromatic heterocycles. The van der Waals surface area contributed by atoms with Crippen LogP contribution in [0.4, 0.5) is 0 Å². The minimum absolute atomic E-state index is 0.0491. The molecule has 0 aliphatic carbocycles. The first kappa shape index (κ1) is 13.5. The summed E-state index contributed by atoms with van der Waals surface area (Å²) in [7, 11) is 0. The molecule has 1 heterocycles. The molecule has 1 aromatic carbocycles. The second-order valence-corrected chi connectivity index (χ2v) is 5.04. The molecule has 4 nitrogen and oxygen atoms in total. The molecule has 1 aliphatic rings. The van der Waals surface area contributed by atoms with Gasteiger partial charge in [-0.15, -0.1) is 0 Å². The first-order valence-corrected chi connectivity index (χ1v) is 6.35. The molecule has 1 saturated heterocycles. The smallest absolute Gasteiger partial charge is 0.223 e. The highest BCUT2D eigenvalue weighted by Gasteiger charge is 2.33. The Morgan fingerprint density at radius 2 is 2.11 bits per heavy atom. The van der Waals surface area contributed by atoms with Crippen LogP contribution >= 0.6 is 23.2 Å². The Kier molecular flexibility index (Phi) is 4.00. The zero-order valence-electron chi connectivity index (χ0n) is 9.57. The molecule has 1 fully saturated rings. The zero-order valence-corrected chi connectivity index (χ0v) is 11.1. The van der Waals surface area contributed by atoms with Crippen LogP contribution < -0.4 is 0 Å². The SMILES string of the molecule is O=C1C[C@@H](c2c(O)ccc(Cl)c2Cl)CN1CCO. The summed E-state index contributed by atoms with van der Waals surface area (Å²) >= 11 is 12.0. The number of carbonyl (C=O) groups is 1. The van der Waals surface area contributed by atoms with Gasteiger partial charge in [0.2, 0.25) is 5.91 Å². The zero-order chi connectivity index (χ0) is 13.3. The van der Waals surface area contributed by atoms with Gasteiger partial charge in [-0.3, -0.25) is 4.79 Å². The highest BCUT2D eigenvalue weighted by atomic mass is 35.5. The number of rotatable bonds is 3. The molecule has 6 heteroatoms. The first-order valence-electron chi connectivity index (χ1n) is 5.60. The number of aliphatic hydroxyl groups is 1. The second kappa shape index (κ2) is 5.34. The quantitative estimate of drug-likeness (QED) is 0.895. The van der Waals surface area contributed by atoms with Crippen LogP contribution in [0.25, 0.3) is 0 Å². The Labute approximate surface area is 115 Å². The van der Waals surface area contributed by atoms with Gasteiger partial charge >= 0.3 is 0 Å². The van der Waals surface area contributed by atoms with E-state index in [0.29, 0.717) is 28.7 Å². The lowest BCUT2D eigenvalue weighted by Gasteiger charge is -2.17. The molecule has 0 radical (unpaired) electrons. The minimum atomic E-state index is -0.185. The number of amides is 1. The Hall–Kier alpha value is -0.970. The summed E-state index contributed by atoms with van der Waals surface area (Å²) in [6.07, 6.45) is 0.271. The fourth-order valence-corrected chi connectivity index (χ4v) is 2.73. The Morgan fingerprint density at radius 3 is 2.78 bits per heavy atom. The van der Waals surface area contributed by atoms with Gasteiger partial charge in [0, 0.05) is 31.0 Å². The van der Waals surface area contributed by atoms with Crippen LogP contribution in [0, 0.1) is 0 Å². The van der Waals surface area contributed by atoms with Crippen molar-refractivity contribution in [3.8, 4) is 5.75 Å². The van der Waals surface area contributed by atoms with Crippen LogP contribution in [0.1, 0.15) is 17.9 Å². The van der Waals surface area contributed by atoms with Crippen molar-refractivity contribution in [1.82, 2.24) is 4.90 Å². The molecule has 0 saturated carbocycles. The molecule has 1 aliphatic heterocycles. The maximum Gasteiger partial charge on any atom is 0.223 e. The molecule has 1 atom stereocenters. The standard InChI is InChI=1S/C12H13Cl2NO3/c13-8-1-2-9(17)11(12(8)14)7-5-10(18)15(6-7)3-4-16/h1-2,7,16-17H,3-6H2/t7-/m1/s1. The van der Waals surface area contributed by atoms with Gasteiger partial charge in [-0.2, -0.15) is 0 Å². The van der Waals surface area contributed by atoms with Crippen molar-refractivity contribution < 1.29 is 15.0 Å². The molecule has 0 spiro atoms. The number of carbonyl (C=O) groups excluding carboxylic acids is 1. The maximum absolute atomic E-state index is 11.7. The maximum atomic E-state index is 11.7. The van der Waals surface area contributed by atoms with E-state index in [-0.39, 0.29) is 30.6 Å². The predicted octanol–water partition coefficient (Wildman–Crippen LogP) is 2.01. The van der Waals surface area contributed by atoms with Crippen LogP contribution in [-0.4, -0.2) is 40.7 Å². The predicted molar refractivity (Wildman–Crippen MR) is 69.2 cm³/mol. The van der Waals surface area contributed by atoms with Crippen molar-refractivity contribution in [2.45, 2.75) is 12.3 Å². The Morgan fingerprint density at radius 1 is 1.39 bits per heavy atom. The third kappa shape index (κ3) is 2.41. The highest BCUT2D eigenvalue weighted by molar-refractivity contribution is 6.42. The molecule has 0 unspecified atom stereocenters. The van der Waals surface area contributed by atoms with Crippen molar-refractivity contribution >= 4 is 29.1 Å². The summed E-state index contributed by atoms with van der Waals surface area (Å²) in [5.41, 5.74) is 0.512. The molecule has 1 amide bonds. The summed E-state index contributed by atoms with van der Waals surface area (Å²) in [4.78, 5) is 13.3. The van der Waals surface area contributed by atoms with Gasteiger partial charge in [-0.1, -0.05) is 23.2 Å². The van der Waals surface area contributed by atoms with E-state index in [9.17, 15) is 9.90 Å². The monoisotopic (exact) mass is 289 g/mol. The molecule has 18 heavy (non-hydrogen) atoms. The Balaban J connectivity index is 2.29. The van der Waals surface area contributed by atoms with Crippen LogP contribution in [0.2, 0.25) is 10.0 Å². The number of aliphatic hydroxyl groups excluding tert-OH is 1. The Bertz CT molecular complexity index is 479. The number of hydrogen-bond acceptors (Lipinski definition) is 3. The van der Waals surface area contributed by atoms with Gasteiger partial charge < -0.3 is 15.1 Å². The normalized spacial score (nSPS) is 19.6. The third-order valence-electron chi connectivity index (χ3n) is 3.10. The van der Waals surface area contributed by atoms with E-state index in [0.717, 1.165) is 0 Å². The number of aromatic hydroxyl groups is 1. The van der Waals surface area contributed by atoms with Gasteiger partial charge in [-0.05, 0) is 12.1 Å². The molecule has 1 aromatic rings. The lowest BCUT2D eigenvalue weighted by molar-refractivity contribution is -0.128. The molecule has 2 N–H and O–H groups in total. The van der Waals surface area contributed by atoms with Gasteiger partial charge in [0.05, 0.1) is 16.7 Å². The summed E-state index contributed by atoms with van der Waals surface area (Å²) in [6.45, 7) is 0.662. The van der Waals surface area contributed by atoms with Crippen molar-refractivity contribution in [1.29, 1.82) is 0 Å². The van der Waals surface area contributed by atoms with Gasteiger partial charge in [0.15, 0.2) is 0 Å². The number of phenols is 1. The number of halogens is 2. The molecule has 2 rings (SSSR count). The summed E-state index contributed by atoms with van der Waals surface area (Å²) < 4.78 is 0. The van der Waals surface area contributed by atoms with E-state index in [2.05, 4.69) is 0 Å². The number of nitrogens with zero attached hydrogens (tertiary/aromatic N) is 1. The average Bonchev–Trinajstić information content (AvgIpc) is 2.67. The molecule has 0 bridgehead atoms. The molecular weight excluding hydrogens is 277 g/mol. The van der Waals surface area contributed by atoms with E-state index in [4.69, 9.17) is 28.3 Å². The number of phenolic OH excluding ortho intramolecular Hbond substituents is 1. The van der Waals surface area contributed by atoms with E-state index in [1.807, 2.05) is 0 Å². The van der Waals surface area contributed by atoms with Crippen LogP contribution in [0.15, 0.2) is 12.1 Å². The van der Waals surface area contributed by atoms with Crippen molar-refractivity contribution in [2.24, 2.45) is 0 Å². The van der Waals surface area contributed by atoms with Crippen LogP contribution in [-0.2, 0) is 4.79 Å². The fourth-order valence-electron chi connectivity index (χ4n) is 2.25. The van der Waals surface area contributed by atoms with Crippen LogP contribution in [0.3, 0.4) is 0 Å². The fraction of sp³-hybridized carbons (Fsp3) is 0.417. The molecular formula is C12H13Cl2NO3. The number of likely N-dealkylation sites (tertiary alicyclic amines) is 1. The molecule has 98 valence electrons. The van der Waals surface area contributed by atoms with Crippen molar-refractivity contribution in [2.75, 3.05) is 19.7 Å². The summed E-state index contributed by atoms with van der Waals surface area (Å²) in [5.74, 6) is -0.187. The van der Waals surface area contributed by atoms with E-state index in [1.54, 1.807) is 4.90 Å². The number of benzene rings is 1. The van der Waals surface area contributed by atoms with Crippen molar-refractivity contribution in [3.63, 3.8) is 0 Å². The minimum Gasteiger partial charge on any atom is -0.508 e. The summed E-state index contributed by atoms with van der Waals surface area (Å²) in [5, 5.41) is 19.4. The van der Waals surface area contributed by atoms with Gasteiger partial charge in [0.25, 0.3) is 0 Å².